The molecule has 196 valence electrons. The molecule has 8 nitrogen and oxygen atoms in total. The topological polar surface area (TPSA) is 123 Å². The number of nitrogens with one attached hydrogen (secondary N) is 1. The average molecular weight is 535 g/mol. The first-order valence-corrected chi connectivity index (χ1v) is 12.5. The van der Waals surface area contributed by atoms with E-state index in [-0.39, 0.29) is 11.3 Å². The summed E-state index contributed by atoms with van der Waals surface area (Å²) in [5.41, 5.74) is 10.5. The molecule has 0 unspecified atom stereocenters. The van der Waals surface area contributed by atoms with Crippen molar-refractivity contribution in [1.29, 1.82) is 0 Å². The Kier molecular flexibility index (Phi) is 5.32. The summed E-state index contributed by atoms with van der Waals surface area (Å²) in [6, 6.07) is 14.7. The van der Waals surface area contributed by atoms with Crippen LogP contribution in [-0.2, 0) is 6.61 Å². The van der Waals surface area contributed by atoms with Gasteiger partial charge in [0.1, 0.15) is 11.5 Å². The van der Waals surface area contributed by atoms with E-state index in [9.17, 15) is 14.3 Å². The minimum absolute atomic E-state index is 0.0161. The van der Waals surface area contributed by atoms with Gasteiger partial charge in [-0.15, -0.1) is 0 Å². The van der Waals surface area contributed by atoms with Gasteiger partial charge in [-0.25, -0.2) is 14.4 Å². The van der Waals surface area contributed by atoms with Crippen LogP contribution in [0.15, 0.2) is 77.9 Å². The summed E-state index contributed by atoms with van der Waals surface area (Å²) in [4.78, 5) is 29.0. The highest BCUT2D eigenvalue weighted by Gasteiger charge is 2.20. The maximum absolute atomic E-state index is 15.2. The minimum Gasteiger partial charge on any atom is -0.392 e. The second-order valence-electron chi connectivity index (χ2n) is 9.55. The van der Waals surface area contributed by atoms with E-state index in [0.29, 0.717) is 50.2 Å². The summed E-state index contributed by atoms with van der Waals surface area (Å²) >= 11 is 0. The smallest absolute Gasteiger partial charge is 0.265 e. The van der Waals surface area contributed by atoms with Gasteiger partial charge in [0.2, 0.25) is 11.9 Å². The van der Waals surface area contributed by atoms with Crippen LogP contribution >= 0.6 is 0 Å². The van der Waals surface area contributed by atoms with Gasteiger partial charge in [-0.2, -0.15) is 9.37 Å². The Balaban J connectivity index is 1.42. The van der Waals surface area contributed by atoms with E-state index in [1.54, 1.807) is 42.6 Å². The Bertz CT molecular complexity index is 2100. The number of H-pyrrole nitrogens is 1. The van der Waals surface area contributed by atoms with Crippen molar-refractivity contribution in [1.82, 2.24) is 24.5 Å². The van der Waals surface area contributed by atoms with Crippen molar-refractivity contribution in [2.45, 2.75) is 13.0 Å². The van der Waals surface area contributed by atoms with Crippen LogP contribution in [0.1, 0.15) is 17.5 Å². The summed E-state index contributed by atoms with van der Waals surface area (Å²) < 4.78 is 30.3. The summed E-state index contributed by atoms with van der Waals surface area (Å²) in [7, 11) is 0. The molecule has 7 rings (SSSR count). The van der Waals surface area contributed by atoms with E-state index in [2.05, 4.69) is 19.9 Å². The van der Waals surface area contributed by atoms with E-state index in [1.165, 1.54) is 22.9 Å². The predicted molar refractivity (Wildman–Crippen MR) is 149 cm³/mol. The van der Waals surface area contributed by atoms with E-state index >= 15 is 4.39 Å². The molecule has 1 aliphatic rings. The molecule has 0 saturated carbocycles. The zero-order chi connectivity index (χ0) is 27.5. The minimum atomic E-state index is -0.629. The number of fused-ring (bicyclic) bond motifs is 2. The fourth-order valence-corrected chi connectivity index (χ4v) is 5.14. The molecule has 0 saturated heterocycles. The lowest BCUT2D eigenvalue weighted by atomic mass is 10.00. The molecule has 40 heavy (non-hydrogen) atoms. The van der Waals surface area contributed by atoms with Gasteiger partial charge < -0.3 is 15.8 Å². The van der Waals surface area contributed by atoms with Gasteiger partial charge in [0.25, 0.3) is 5.56 Å². The molecule has 6 aromatic rings. The molecule has 2 aromatic carbocycles. The molecule has 4 heterocycles. The normalized spacial score (nSPS) is 12.7. The van der Waals surface area contributed by atoms with Crippen LogP contribution in [0.25, 0.3) is 55.6 Å². The number of aromatic nitrogens is 5. The van der Waals surface area contributed by atoms with Crippen molar-refractivity contribution in [2.75, 3.05) is 5.73 Å². The number of nitrogen functional groups attached to an aromatic ring is 1. The lowest BCUT2D eigenvalue weighted by Crippen LogP contribution is -2.20. The molecular formula is C30H20F2N6O2. The van der Waals surface area contributed by atoms with Crippen LogP contribution in [0.4, 0.5) is 14.7 Å². The lowest BCUT2D eigenvalue weighted by molar-refractivity contribution is 0.282. The van der Waals surface area contributed by atoms with Crippen LogP contribution < -0.4 is 11.3 Å². The molecule has 4 N–H and O–H groups in total. The molecule has 0 aliphatic heterocycles. The third-order valence-electron chi connectivity index (χ3n) is 7.10. The van der Waals surface area contributed by atoms with Crippen LogP contribution in [-0.4, -0.2) is 29.6 Å². The Morgan fingerprint density at radius 2 is 1.90 bits per heavy atom. The SMILES string of the molecule is Nc1nc(-c2cccc(-n3ccc4cc(C5=CC5)cc(F)c4c3=O)c2CO)c2cc(-c3ccnc(F)c3)[nH]c2n1. The molecule has 0 spiro atoms. The Morgan fingerprint density at radius 3 is 2.67 bits per heavy atom. The van der Waals surface area contributed by atoms with Crippen LogP contribution in [0.5, 0.6) is 0 Å². The molecule has 0 bridgehead atoms. The van der Waals surface area contributed by atoms with Crippen molar-refractivity contribution >= 4 is 33.3 Å². The maximum Gasteiger partial charge on any atom is 0.265 e. The first-order valence-electron chi connectivity index (χ1n) is 12.5. The Hall–Kier alpha value is -5.22. The largest absolute Gasteiger partial charge is 0.392 e. The van der Waals surface area contributed by atoms with Crippen LogP contribution in [0, 0.1) is 11.8 Å². The van der Waals surface area contributed by atoms with E-state index < -0.39 is 23.9 Å². The molecule has 4 aromatic heterocycles. The third kappa shape index (κ3) is 3.85. The number of aliphatic hydroxyl groups excluding tert-OH is 1. The summed E-state index contributed by atoms with van der Waals surface area (Å²) in [5.74, 6) is -1.24. The van der Waals surface area contributed by atoms with E-state index in [0.717, 1.165) is 17.6 Å². The van der Waals surface area contributed by atoms with E-state index in [1.807, 2.05) is 12.1 Å². The van der Waals surface area contributed by atoms with Gasteiger partial charge >= 0.3 is 0 Å². The van der Waals surface area contributed by atoms with Gasteiger partial charge in [0.15, 0.2) is 0 Å². The summed E-state index contributed by atoms with van der Waals surface area (Å²) in [6.07, 6.45) is 5.75. The Morgan fingerprint density at radius 1 is 1.05 bits per heavy atom. The van der Waals surface area contributed by atoms with Crippen molar-refractivity contribution < 1.29 is 13.9 Å². The number of benzene rings is 2. The maximum atomic E-state index is 15.2. The second-order valence-corrected chi connectivity index (χ2v) is 9.55. The average Bonchev–Trinajstić information content (AvgIpc) is 3.71. The highest BCUT2D eigenvalue weighted by Crippen LogP contribution is 2.36. The fourth-order valence-electron chi connectivity index (χ4n) is 5.14. The highest BCUT2D eigenvalue weighted by molar-refractivity contribution is 5.96. The Labute approximate surface area is 225 Å². The molecule has 0 radical (unpaired) electrons. The number of halogens is 2. The van der Waals surface area contributed by atoms with Crippen LogP contribution in [0.3, 0.4) is 0 Å². The van der Waals surface area contributed by atoms with Crippen molar-refractivity contribution in [3.8, 4) is 28.2 Å². The quantitative estimate of drug-likeness (QED) is 0.264. The number of aromatic amines is 1. The van der Waals surface area contributed by atoms with Gasteiger partial charge in [-0.3, -0.25) is 9.36 Å². The number of aliphatic hydroxyl groups is 1. The number of nitrogens with two attached hydrogens (primary N) is 1. The summed E-state index contributed by atoms with van der Waals surface area (Å²) in [5, 5.41) is 11.6. The van der Waals surface area contributed by atoms with Crippen molar-refractivity contribution in [3.05, 3.63) is 106 Å². The first kappa shape index (κ1) is 23.9. The monoisotopic (exact) mass is 534 g/mol. The molecule has 0 amide bonds. The molecular weight excluding hydrogens is 514 g/mol. The van der Waals surface area contributed by atoms with Gasteiger partial charge in [-0.05, 0) is 59.3 Å². The van der Waals surface area contributed by atoms with Crippen LogP contribution in [0.2, 0.25) is 0 Å². The zero-order valence-corrected chi connectivity index (χ0v) is 20.8. The third-order valence-corrected chi connectivity index (χ3v) is 7.10. The highest BCUT2D eigenvalue weighted by atomic mass is 19.1. The molecule has 10 heteroatoms. The fraction of sp³-hybridized carbons (Fsp3) is 0.0667. The molecule has 0 atom stereocenters. The number of hydrogen-bond donors (Lipinski definition) is 3. The number of hydrogen-bond acceptors (Lipinski definition) is 6. The number of nitrogens with zero attached hydrogens (tertiary/aromatic N) is 4. The predicted octanol–water partition coefficient (Wildman–Crippen LogP) is 5.13. The number of pyridine rings is 2. The molecule has 0 fully saturated rings. The van der Waals surface area contributed by atoms with Gasteiger partial charge in [-0.1, -0.05) is 18.2 Å². The zero-order valence-electron chi connectivity index (χ0n) is 20.8. The number of allylic oxidation sites excluding steroid dienone is 2. The van der Waals surface area contributed by atoms with E-state index in [4.69, 9.17) is 5.73 Å². The van der Waals surface area contributed by atoms with Gasteiger partial charge in [0, 0.05) is 46.2 Å². The lowest BCUT2D eigenvalue weighted by Gasteiger charge is -2.16. The van der Waals surface area contributed by atoms with Gasteiger partial charge in [0.05, 0.1) is 23.4 Å². The van der Waals surface area contributed by atoms with Crippen molar-refractivity contribution in [3.63, 3.8) is 0 Å². The standard InChI is InChI=1S/C30H20F2N6O2/c31-22-11-18(15-4-5-15)10-17-7-9-38(29(40)26(17)22)24-3-1-2-19(21(24)14-39)27-20-13-23(16-6-8-34-25(32)12-16)35-28(20)37-30(33)36-27/h1-4,6-13,39H,5,14H2,(H3,33,35,36,37). The number of anilines is 1. The first-order chi connectivity index (χ1) is 19.4. The summed E-state index contributed by atoms with van der Waals surface area (Å²) in [6.45, 7) is -0.441. The number of rotatable bonds is 5. The molecule has 1 aliphatic carbocycles. The second kappa shape index (κ2) is 8.92. The van der Waals surface area contributed by atoms with Crippen molar-refractivity contribution in [2.24, 2.45) is 0 Å².